The third-order valence-corrected chi connectivity index (χ3v) is 3.25. The minimum absolute atomic E-state index is 0. The van der Waals surface area contributed by atoms with Gasteiger partial charge in [-0.25, -0.2) is 0 Å². The molecule has 0 atom stereocenters. The molecule has 0 bridgehead atoms. The standard InChI is InChI=1S/2C8H16O2.Na/c2*1-3-5-7(6-4-2)8(9)10;/h2*7H,3-6H2,1-2H3,(H,9,10);. The van der Waals surface area contributed by atoms with Crippen LogP contribution in [-0.2, 0) is 9.59 Å². The van der Waals surface area contributed by atoms with Gasteiger partial charge >= 0.3 is 11.9 Å². The van der Waals surface area contributed by atoms with E-state index in [0.717, 1.165) is 51.4 Å². The Morgan fingerprint density at radius 3 is 0.952 bits per heavy atom. The molecule has 1 radical (unpaired) electrons. The fourth-order valence-corrected chi connectivity index (χ4v) is 2.18. The molecular formula is C16H32NaO4. The van der Waals surface area contributed by atoms with Gasteiger partial charge in [0, 0.05) is 29.6 Å². The first kappa shape index (κ1) is 25.9. The fraction of sp³-hybridized carbons (Fsp3) is 0.875. The van der Waals surface area contributed by atoms with Crippen molar-refractivity contribution in [2.24, 2.45) is 11.8 Å². The number of carboxylic acids is 2. The normalized spacial score (nSPS) is 9.81. The van der Waals surface area contributed by atoms with Crippen LogP contribution in [0, 0.1) is 11.8 Å². The summed E-state index contributed by atoms with van der Waals surface area (Å²) in [6.45, 7) is 8.08. The molecular weight excluding hydrogens is 279 g/mol. The third kappa shape index (κ3) is 16.1. The van der Waals surface area contributed by atoms with Gasteiger partial charge in [-0.3, -0.25) is 9.59 Å². The number of hydrogen-bond acceptors (Lipinski definition) is 2. The van der Waals surface area contributed by atoms with E-state index in [-0.39, 0.29) is 41.4 Å². The molecule has 0 amide bonds. The number of carbonyl (C=O) groups is 2. The van der Waals surface area contributed by atoms with Crippen LogP contribution in [0.5, 0.6) is 0 Å². The van der Waals surface area contributed by atoms with Gasteiger partial charge in [0.2, 0.25) is 0 Å². The molecule has 0 spiro atoms. The van der Waals surface area contributed by atoms with Crippen LogP contribution in [-0.4, -0.2) is 51.7 Å². The zero-order chi connectivity index (χ0) is 16.0. The minimum atomic E-state index is -0.635. The van der Waals surface area contributed by atoms with Gasteiger partial charge in [0.25, 0.3) is 0 Å². The number of carboxylic acid groups (broad SMARTS) is 2. The topological polar surface area (TPSA) is 74.6 Å². The fourth-order valence-electron chi connectivity index (χ4n) is 2.18. The molecule has 21 heavy (non-hydrogen) atoms. The van der Waals surface area contributed by atoms with E-state index in [9.17, 15) is 9.59 Å². The molecule has 0 aliphatic rings. The Morgan fingerprint density at radius 1 is 0.667 bits per heavy atom. The quantitative estimate of drug-likeness (QED) is 0.593. The van der Waals surface area contributed by atoms with Crippen molar-refractivity contribution in [3.05, 3.63) is 0 Å². The maximum absolute atomic E-state index is 10.5. The molecule has 2 N–H and O–H groups in total. The largest absolute Gasteiger partial charge is 0.481 e. The molecule has 0 saturated carbocycles. The first-order valence-corrected chi connectivity index (χ1v) is 7.89. The van der Waals surface area contributed by atoms with Gasteiger partial charge in [0.1, 0.15) is 0 Å². The first-order valence-electron chi connectivity index (χ1n) is 7.89. The summed E-state index contributed by atoms with van der Waals surface area (Å²) in [6, 6.07) is 0. The van der Waals surface area contributed by atoms with Gasteiger partial charge in [-0.2, -0.15) is 0 Å². The van der Waals surface area contributed by atoms with Gasteiger partial charge in [0.05, 0.1) is 11.8 Å². The van der Waals surface area contributed by atoms with E-state index in [2.05, 4.69) is 0 Å². The average molecular weight is 311 g/mol. The van der Waals surface area contributed by atoms with E-state index in [1.807, 2.05) is 27.7 Å². The average Bonchev–Trinajstić information content (AvgIpc) is 2.38. The minimum Gasteiger partial charge on any atom is -0.481 e. The van der Waals surface area contributed by atoms with Crippen LogP contribution in [0.25, 0.3) is 0 Å². The summed E-state index contributed by atoms with van der Waals surface area (Å²) >= 11 is 0. The van der Waals surface area contributed by atoms with Gasteiger partial charge < -0.3 is 10.2 Å². The van der Waals surface area contributed by atoms with Crippen molar-refractivity contribution < 1.29 is 19.8 Å². The molecule has 0 aromatic rings. The van der Waals surface area contributed by atoms with Crippen molar-refractivity contribution in [3.8, 4) is 0 Å². The molecule has 0 aromatic heterocycles. The summed E-state index contributed by atoms with van der Waals surface area (Å²) < 4.78 is 0. The van der Waals surface area contributed by atoms with Crippen LogP contribution in [0.1, 0.15) is 79.1 Å². The maximum Gasteiger partial charge on any atom is 0.306 e. The van der Waals surface area contributed by atoms with Crippen LogP contribution >= 0.6 is 0 Å². The van der Waals surface area contributed by atoms with Crippen molar-refractivity contribution in [2.45, 2.75) is 79.1 Å². The first-order chi connectivity index (χ1) is 9.44. The van der Waals surface area contributed by atoms with Crippen molar-refractivity contribution in [1.29, 1.82) is 0 Å². The summed E-state index contributed by atoms with van der Waals surface area (Å²) in [5.74, 6) is -1.47. The monoisotopic (exact) mass is 311 g/mol. The van der Waals surface area contributed by atoms with Crippen molar-refractivity contribution in [3.63, 3.8) is 0 Å². The number of aliphatic carboxylic acids is 2. The van der Waals surface area contributed by atoms with Crippen molar-refractivity contribution >= 4 is 41.5 Å². The third-order valence-electron chi connectivity index (χ3n) is 3.25. The Morgan fingerprint density at radius 2 is 0.857 bits per heavy atom. The molecule has 5 heteroatoms. The van der Waals surface area contributed by atoms with E-state index in [1.165, 1.54) is 0 Å². The summed E-state index contributed by atoms with van der Waals surface area (Å²) in [5, 5.41) is 17.3. The molecule has 0 aliphatic carbocycles. The molecule has 0 fully saturated rings. The Kier molecular flexibility index (Phi) is 22.2. The van der Waals surface area contributed by atoms with Gasteiger partial charge in [-0.05, 0) is 25.7 Å². The molecule has 0 aromatic carbocycles. The smallest absolute Gasteiger partial charge is 0.306 e. The van der Waals surface area contributed by atoms with Crippen LogP contribution in [0.3, 0.4) is 0 Å². The molecule has 0 rings (SSSR count). The van der Waals surface area contributed by atoms with Gasteiger partial charge in [-0.15, -0.1) is 0 Å². The molecule has 4 nitrogen and oxygen atoms in total. The number of hydrogen-bond donors (Lipinski definition) is 2. The van der Waals surface area contributed by atoms with E-state index < -0.39 is 11.9 Å². The summed E-state index contributed by atoms with van der Waals surface area (Å²) in [6.07, 6.45) is 7.17. The number of rotatable bonds is 10. The molecule has 121 valence electrons. The van der Waals surface area contributed by atoms with E-state index in [0.29, 0.717) is 0 Å². The zero-order valence-corrected chi connectivity index (χ0v) is 16.5. The van der Waals surface area contributed by atoms with Crippen molar-refractivity contribution in [2.75, 3.05) is 0 Å². The summed E-state index contributed by atoms with van der Waals surface area (Å²) in [7, 11) is 0. The molecule has 0 saturated heterocycles. The van der Waals surface area contributed by atoms with E-state index >= 15 is 0 Å². The summed E-state index contributed by atoms with van der Waals surface area (Å²) in [5.41, 5.74) is 0. The van der Waals surface area contributed by atoms with Crippen LogP contribution < -0.4 is 0 Å². The Hall–Kier alpha value is -0.0600. The second-order valence-electron chi connectivity index (χ2n) is 5.23. The molecule has 0 unspecified atom stereocenters. The predicted octanol–water partition coefficient (Wildman–Crippen LogP) is 4.19. The Bertz CT molecular complexity index is 219. The summed E-state index contributed by atoms with van der Waals surface area (Å²) in [4.78, 5) is 21.0. The molecule has 0 aliphatic heterocycles. The van der Waals surface area contributed by atoms with Gasteiger partial charge in [0.15, 0.2) is 0 Å². The van der Waals surface area contributed by atoms with Crippen LogP contribution in [0.15, 0.2) is 0 Å². The van der Waals surface area contributed by atoms with Crippen LogP contribution in [0.2, 0.25) is 0 Å². The molecule has 0 heterocycles. The van der Waals surface area contributed by atoms with E-state index in [4.69, 9.17) is 10.2 Å². The van der Waals surface area contributed by atoms with Crippen LogP contribution in [0.4, 0.5) is 0 Å². The SMILES string of the molecule is CCCC(CCC)C(=O)O.CCCC(CCC)C(=O)O.[Na]. The second kappa shape index (κ2) is 18.0. The Labute approximate surface area is 152 Å². The zero-order valence-electron chi connectivity index (χ0n) is 14.5. The second-order valence-corrected chi connectivity index (χ2v) is 5.23. The van der Waals surface area contributed by atoms with E-state index in [1.54, 1.807) is 0 Å². The maximum atomic E-state index is 10.5. The predicted molar refractivity (Wildman–Crippen MR) is 87.6 cm³/mol. The van der Waals surface area contributed by atoms with Crippen molar-refractivity contribution in [1.82, 2.24) is 0 Å². The van der Waals surface area contributed by atoms with Gasteiger partial charge in [-0.1, -0.05) is 53.4 Å². The Balaban J connectivity index is -0.000000295.